The number of nitrogens with one attached hydrogen (secondary N) is 1. The second kappa shape index (κ2) is 11.8. The number of piperidine rings is 1. The maximum atomic E-state index is 12.7. The zero-order valence-electron chi connectivity index (χ0n) is 19.1. The summed E-state index contributed by atoms with van der Waals surface area (Å²) in [6.07, 6.45) is 7.24. The first-order valence-electron chi connectivity index (χ1n) is 12.2. The van der Waals surface area contributed by atoms with E-state index in [-0.39, 0.29) is 11.8 Å². The molecule has 0 spiro atoms. The van der Waals surface area contributed by atoms with Gasteiger partial charge < -0.3 is 5.32 Å². The van der Waals surface area contributed by atoms with Crippen LogP contribution in [0, 0.1) is 5.92 Å². The Kier molecular flexibility index (Phi) is 8.61. The minimum atomic E-state index is 0.124. The van der Waals surface area contributed by atoms with Crippen LogP contribution >= 0.6 is 11.6 Å². The van der Waals surface area contributed by atoms with E-state index in [1.165, 1.54) is 55.5 Å². The van der Waals surface area contributed by atoms with Crippen molar-refractivity contribution in [1.29, 1.82) is 0 Å². The Morgan fingerprint density at radius 2 is 1.25 bits per heavy atom. The molecular weight excluding hydrogens is 418 g/mol. The maximum Gasteiger partial charge on any atom is 0.223 e. The van der Waals surface area contributed by atoms with Gasteiger partial charge in [0.2, 0.25) is 5.91 Å². The summed E-state index contributed by atoms with van der Waals surface area (Å²) in [5.74, 6) is 0.323. The van der Waals surface area contributed by atoms with Crippen molar-refractivity contribution in [2.24, 2.45) is 5.92 Å². The van der Waals surface area contributed by atoms with Crippen LogP contribution in [0.25, 0.3) is 0 Å². The van der Waals surface area contributed by atoms with Crippen LogP contribution in [-0.4, -0.2) is 41.9 Å². The van der Waals surface area contributed by atoms with Gasteiger partial charge in [0.15, 0.2) is 0 Å². The SMILES string of the molecule is O=C(NCc1ccc(CN2CCCCCC2)cc1)C1CCN(Cc2ccc(Cl)cc2)CC1. The molecule has 4 rings (SSSR count). The third-order valence-electron chi connectivity index (χ3n) is 6.87. The van der Waals surface area contributed by atoms with Crippen LogP contribution < -0.4 is 5.32 Å². The van der Waals surface area contributed by atoms with Crippen LogP contribution in [0.4, 0.5) is 0 Å². The van der Waals surface area contributed by atoms with Gasteiger partial charge >= 0.3 is 0 Å². The van der Waals surface area contributed by atoms with Gasteiger partial charge in [0, 0.05) is 30.6 Å². The molecule has 2 saturated heterocycles. The molecule has 0 bridgehead atoms. The lowest BCUT2D eigenvalue weighted by molar-refractivity contribution is -0.126. The Labute approximate surface area is 197 Å². The summed E-state index contributed by atoms with van der Waals surface area (Å²) in [6.45, 7) is 6.95. The van der Waals surface area contributed by atoms with E-state index in [1.807, 2.05) is 12.1 Å². The monoisotopic (exact) mass is 453 g/mol. The van der Waals surface area contributed by atoms with Gasteiger partial charge in [0.05, 0.1) is 0 Å². The minimum absolute atomic E-state index is 0.124. The number of hydrogen-bond acceptors (Lipinski definition) is 3. The average molecular weight is 454 g/mol. The summed E-state index contributed by atoms with van der Waals surface area (Å²) < 4.78 is 0. The lowest BCUT2D eigenvalue weighted by atomic mass is 9.95. The number of rotatable bonds is 7. The summed E-state index contributed by atoms with van der Waals surface area (Å²) in [5, 5.41) is 3.94. The van der Waals surface area contributed by atoms with E-state index in [0.29, 0.717) is 6.54 Å². The van der Waals surface area contributed by atoms with Gasteiger partial charge in [0.1, 0.15) is 0 Å². The van der Waals surface area contributed by atoms with Crippen molar-refractivity contribution in [2.75, 3.05) is 26.2 Å². The second-order valence-electron chi connectivity index (χ2n) is 9.40. The van der Waals surface area contributed by atoms with Crippen LogP contribution in [0.5, 0.6) is 0 Å². The summed E-state index contributed by atoms with van der Waals surface area (Å²) >= 11 is 5.98. The predicted octanol–water partition coefficient (Wildman–Crippen LogP) is 5.24. The quantitative estimate of drug-likeness (QED) is 0.622. The van der Waals surface area contributed by atoms with Crippen molar-refractivity contribution in [2.45, 2.75) is 58.2 Å². The number of likely N-dealkylation sites (tertiary alicyclic amines) is 2. The van der Waals surface area contributed by atoms with Gasteiger partial charge in [-0.2, -0.15) is 0 Å². The van der Waals surface area contributed by atoms with E-state index < -0.39 is 0 Å². The summed E-state index contributed by atoms with van der Waals surface area (Å²) in [5.41, 5.74) is 3.82. The van der Waals surface area contributed by atoms with Crippen molar-refractivity contribution < 1.29 is 4.79 Å². The highest BCUT2D eigenvalue weighted by Gasteiger charge is 2.24. The smallest absolute Gasteiger partial charge is 0.223 e. The Hall–Kier alpha value is -1.88. The minimum Gasteiger partial charge on any atom is -0.352 e. The van der Waals surface area contributed by atoms with Gasteiger partial charge in [-0.25, -0.2) is 0 Å². The van der Waals surface area contributed by atoms with Gasteiger partial charge in [-0.1, -0.05) is 60.8 Å². The normalized spacial score (nSPS) is 18.9. The number of carbonyl (C=O) groups is 1. The Morgan fingerprint density at radius 1 is 0.750 bits per heavy atom. The molecule has 1 amide bonds. The third kappa shape index (κ3) is 7.06. The molecule has 0 aliphatic carbocycles. The first kappa shape index (κ1) is 23.3. The van der Waals surface area contributed by atoms with E-state index in [2.05, 4.69) is 51.5 Å². The van der Waals surface area contributed by atoms with Crippen LogP contribution in [-0.2, 0) is 24.4 Å². The van der Waals surface area contributed by atoms with E-state index in [1.54, 1.807) is 0 Å². The molecule has 0 aromatic heterocycles. The van der Waals surface area contributed by atoms with Crippen molar-refractivity contribution in [3.05, 3.63) is 70.2 Å². The van der Waals surface area contributed by atoms with Crippen molar-refractivity contribution in [1.82, 2.24) is 15.1 Å². The number of carbonyl (C=O) groups excluding carboxylic acids is 1. The maximum absolute atomic E-state index is 12.7. The number of benzene rings is 2. The molecule has 2 aliphatic heterocycles. The van der Waals surface area contributed by atoms with Crippen molar-refractivity contribution >= 4 is 17.5 Å². The number of halogens is 1. The summed E-state index contributed by atoms with van der Waals surface area (Å²) in [4.78, 5) is 17.7. The number of amides is 1. The van der Waals surface area contributed by atoms with Gasteiger partial charge in [-0.3, -0.25) is 14.6 Å². The third-order valence-corrected chi connectivity index (χ3v) is 7.12. The molecule has 5 heteroatoms. The topological polar surface area (TPSA) is 35.6 Å². The fourth-order valence-electron chi connectivity index (χ4n) is 4.85. The average Bonchev–Trinajstić information content (AvgIpc) is 3.09. The van der Waals surface area contributed by atoms with Crippen molar-refractivity contribution in [3.63, 3.8) is 0 Å². The molecule has 0 atom stereocenters. The molecule has 2 aromatic carbocycles. The molecule has 172 valence electrons. The van der Waals surface area contributed by atoms with E-state index >= 15 is 0 Å². The highest BCUT2D eigenvalue weighted by Crippen LogP contribution is 2.20. The molecular formula is C27H36ClN3O. The highest BCUT2D eigenvalue weighted by atomic mass is 35.5. The van der Waals surface area contributed by atoms with Crippen LogP contribution in [0.1, 0.15) is 55.2 Å². The molecule has 0 saturated carbocycles. The van der Waals surface area contributed by atoms with E-state index in [4.69, 9.17) is 11.6 Å². The van der Waals surface area contributed by atoms with E-state index in [0.717, 1.165) is 44.0 Å². The second-order valence-corrected chi connectivity index (χ2v) is 9.84. The molecule has 2 aromatic rings. The van der Waals surface area contributed by atoms with Gasteiger partial charge in [-0.05, 0) is 80.7 Å². The van der Waals surface area contributed by atoms with Gasteiger partial charge in [0.25, 0.3) is 0 Å². The zero-order valence-corrected chi connectivity index (χ0v) is 19.8. The fraction of sp³-hybridized carbons (Fsp3) is 0.519. The van der Waals surface area contributed by atoms with Crippen LogP contribution in [0.15, 0.2) is 48.5 Å². The molecule has 4 nitrogen and oxygen atoms in total. The van der Waals surface area contributed by atoms with Gasteiger partial charge in [-0.15, -0.1) is 0 Å². The molecule has 0 radical (unpaired) electrons. The summed E-state index contributed by atoms with van der Waals surface area (Å²) in [6, 6.07) is 16.8. The summed E-state index contributed by atoms with van der Waals surface area (Å²) in [7, 11) is 0. The Morgan fingerprint density at radius 3 is 1.84 bits per heavy atom. The lowest BCUT2D eigenvalue weighted by Crippen LogP contribution is -2.40. The van der Waals surface area contributed by atoms with E-state index in [9.17, 15) is 4.79 Å². The standard InChI is InChI=1S/C27H36ClN3O/c28-26-11-9-24(10-12-26)21-31-17-13-25(14-18-31)27(32)29-19-22-5-7-23(8-6-22)20-30-15-3-1-2-4-16-30/h5-12,25H,1-4,13-21H2,(H,29,32). The first-order chi connectivity index (χ1) is 15.7. The molecule has 2 aliphatic rings. The predicted molar refractivity (Wildman–Crippen MR) is 131 cm³/mol. The Balaban J connectivity index is 1.17. The Bertz CT molecular complexity index is 836. The number of hydrogen-bond donors (Lipinski definition) is 1. The molecule has 0 unspecified atom stereocenters. The largest absolute Gasteiger partial charge is 0.352 e. The molecule has 1 N–H and O–H groups in total. The first-order valence-corrected chi connectivity index (χ1v) is 12.6. The molecule has 32 heavy (non-hydrogen) atoms. The van der Waals surface area contributed by atoms with Crippen molar-refractivity contribution in [3.8, 4) is 0 Å². The number of nitrogens with zero attached hydrogens (tertiary/aromatic N) is 2. The molecule has 2 heterocycles. The fourth-order valence-corrected chi connectivity index (χ4v) is 4.98. The highest BCUT2D eigenvalue weighted by molar-refractivity contribution is 6.30. The van der Waals surface area contributed by atoms with Crippen LogP contribution in [0.3, 0.4) is 0 Å². The van der Waals surface area contributed by atoms with Crippen LogP contribution in [0.2, 0.25) is 5.02 Å². The molecule has 2 fully saturated rings. The lowest BCUT2D eigenvalue weighted by Gasteiger charge is -2.31. The zero-order chi connectivity index (χ0) is 22.2.